The van der Waals surface area contributed by atoms with E-state index in [-0.39, 0.29) is 18.3 Å². The summed E-state index contributed by atoms with van der Waals surface area (Å²) in [5, 5.41) is 11.1. The first kappa shape index (κ1) is 11.2. The van der Waals surface area contributed by atoms with Gasteiger partial charge in [-0.05, 0) is 23.8 Å². The first-order chi connectivity index (χ1) is 9.31. The highest BCUT2D eigenvalue weighted by Gasteiger charge is 2.12. The molecule has 1 aliphatic rings. The van der Waals surface area contributed by atoms with E-state index in [1.54, 1.807) is 18.3 Å². The van der Waals surface area contributed by atoms with Crippen LogP contribution in [-0.4, -0.2) is 28.2 Å². The number of rotatable bonds is 3. The number of hydrogen-bond donors (Lipinski definition) is 2. The zero-order chi connectivity index (χ0) is 13.1. The van der Waals surface area contributed by atoms with Gasteiger partial charge in [-0.3, -0.25) is 9.78 Å². The van der Waals surface area contributed by atoms with Crippen molar-refractivity contribution in [3.8, 4) is 11.5 Å². The fourth-order valence-corrected chi connectivity index (χ4v) is 1.52. The van der Waals surface area contributed by atoms with Gasteiger partial charge in [-0.25, -0.2) is 5.43 Å². The minimum Gasteiger partial charge on any atom is -0.454 e. The number of hydrazone groups is 1. The SMILES string of the molecule is O=c1cnnc(N/N=C/c2ccc3c(c2)OCO3)[nH]1. The number of aromatic nitrogens is 3. The van der Waals surface area contributed by atoms with Gasteiger partial charge in [0.2, 0.25) is 12.7 Å². The van der Waals surface area contributed by atoms with Gasteiger partial charge in [-0.2, -0.15) is 5.10 Å². The maximum Gasteiger partial charge on any atom is 0.271 e. The molecule has 8 heteroatoms. The molecule has 0 spiro atoms. The summed E-state index contributed by atoms with van der Waals surface area (Å²) in [6.07, 6.45) is 2.64. The summed E-state index contributed by atoms with van der Waals surface area (Å²) in [4.78, 5) is 13.4. The van der Waals surface area contributed by atoms with Crippen LogP contribution in [0.4, 0.5) is 5.95 Å². The Morgan fingerprint density at radius 3 is 3.16 bits per heavy atom. The topological polar surface area (TPSA) is 101 Å². The molecule has 0 radical (unpaired) electrons. The lowest BCUT2D eigenvalue weighted by Crippen LogP contribution is -2.10. The van der Waals surface area contributed by atoms with E-state index in [9.17, 15) is 4.79 Å². The lowest BCUT2D eigenvalue weighted by molar-refractivity contribution is 0.174. The van der Waals surface area contributed by atoms with Gasteiger partial charge in [-0.15, -0.1) is 10.2 Å². The quantitative estimate of drug-likeness (QED) is 0.608. The molecule has 96 valence electrons. The average Bonchev–Trinajstić information content (AvgIpc) is 2.86. The molecule has 0 bridgehead atoms. The monoisotopic (exact) mass is 259 g/mol. The molecule has 1 aliphatic heterocycles. The Morgan fingerprint density at radius 2 is 2.26 bits per heavy atom. The molecule has 0 atom stereocenters. The third-order valence-corrected chi connectivity index (χ3v) is 2.36. The van der Waals surface area contributed by atoms with Gasteiger partial charge in [0, 0.05) is 0 Å². The van der Waals surface area contributed by atoms with E-state index in [0.717, 1.165) is 11.8 Å². The normalized spacial score (nSPS) is 12.8. The average molecular weight is 259 g/mol. The minimum absolute atomic E-state index is 0.171. The van der Waals surface area contributed by atoms with Crippen molar-refractivity contribution in [2.75, 3.05) is 12.2 Å². The molecule has 0 unspecified atom stereocenters. The Hall–Kier alpha value is -2.90. The van der Waals surface area contributed by atoms with E-state index >= 15 is 0 Å². The zero-order valence-corrected chi connectivity index (χ0v) is 9.66. The van der Waals surface area contributed by atoms with Crippen LogP contribution in [-0.2, 0) is 0 Å². The molecule has 2 N–H and O–H groups in total. The fourth-order valence-electron chi connectivity index (χ4n) is 1.52. The van der Waals surface area contributed by atoms with Crippen LogP contribution in [0.15, 0.2) is 34.3 Å². The lowest BCUT2D eigenvalue weighted by Gasteiger charge is -1.98. The fraction of sp³-hybridized carbons (Fsp3) is 0.0909. The van der Waals surface area contributed by atoms with Crippen molar-refractivity contribution in [3.63, 3.8) is 0 Å². The predicted octanol–water partition coefficient (Wildman–Crippen LogP) is 0.340. The third-order valence-electron chi connectivity index (χ3n) is 2.36. The molecule has 19 heavy (non-hydrogen) atoms. The van der Waals surface area contributed by atoms with Crippen LogP contribution in [0.25, 0.3) is 0 Å². The van der Waals surface area contributed by atoms with E-state index in [1.165, 1.54) is 0 Å². The maximum absolute atomic E-state index is 11.0. The van der Waals surface area contributed by atoms with Crippen LogP contribution in [0.1, 0.15) is 5.56 Å². The predicted molar refractivity (Wildman–Crippen MR) is 66.4 cm³/mol. The van der Waals surface area contributed by atoms with Gasteiger partial charge in [0.1, 0.15) is 6.20 Å². The number of nitrogens with one attached hydrogen (secondary N) is 2. The lowest BCUT2D eigenvalue weighted by atomic mass is 10.2. The van der Waals surface area contributed by atoms with Crippen molar-refractivity contribution >= 4 is 12.2 Å². The number of hydrogen-bond acceptors (Lipinski definition) is 7. The summed E-state index contributed by atoms with van der Waals surface area (Å²) < 4.78 is 10.4. The second kappa shape index (κ2) is 4.77. The molecule has 1 aromatic carbocycles. The molecule has 0 fully saturated rings. The van der Waals surface area contributed by atoms with E-state index in [1.807, 2.05) is 6.07 Å². The van der Waals surface area contributed by atoms with Crippen LogP contribution in [0.3, 0.4) is 0 Å². The third kappa shape index (κ3) is 2.51. The molecule has 2 aromatic rings. The highest BCUT2D eigenvalue weighted by molar-refractivity contribution is 5.81. The van der Waals surface area contributed by atoms with E-state index in [0.29, 0.717) is 11.5 Å². The van der Waals surface area contributed by atoms with Crippen LogP contribution < -0.4 is 20.5 Å². The summed E-state index contributed by atoms with van der Waals surface area (Å²) in [5.41, 5.74) is 3.04. The van der Waals surface area contributed by atoms with Crippen LogP contribution in [0.5, 0.6) is 11.5 Å². The smallest absolute Gasteiger partial charge is 0.271 e. The Balaban J connectivity index is 1.71. The number of ether oxygens (including phenoxy) is 2. The summed E-state index contributed by atoms with van der Waals surface area (Å²) in [7, 11) is 0. The van der Waals surface area contributed by atoms with E-state index in [2.05, 4.69) is 25.7 Å². The molecular weight excluding hydrogens is 250 g/mol. The van der Waals surface area contributed by atoms with E-state index < -0.39 is 0 Å². The Morgan fingerprint density at radius 1 is 1.37 bits per heavy atom. The number of fused-ring (bicyclic) bond motifs is 1. The van der Waals surface area contributed by atoms with Crippen LogP contribution >= 0.6 is 0 Å². The Bertz CT molecular complexity index is 682. The van der Waals surface area contributed by atoms with Crippen LogP contribution in [0, 0.1) is 0 Å². The Labute approximate surface area is 107 Å². The van der Waals surface area contributed by atoms with Crippen molar-refractivity contribution in [1.82, 2.24) is 15.2 Å². The number of nitrogens with zero attached hydrogens (tertiary/aromatic N) is 3. The summed E-state index contributed by atoms with van der Waals surface area (Å²) in [5.74, 6) is 1.56. The summed E-state index contributed by atoms with van der Waals surface area (Å²) >= 11 is 0. The number of H-pyrrole nitrogens is 1. The van der Waals surface area contributed by atoms with Crippen LogP contribution in [0.2, 0.25) is 0 Å². The van der Waals surface area contributed by atoms with Gasteiger partial charge in [0.15, 0.2) is 11.5 Å². The molecule has 0 saturated heterocycles. The molecular formula is C11H9N5O3. The number of benzene rings is 1. The molecule has 2 heterocycles. The van der Waals surface area contributed by atoms with E-state index in [4.69, 9.17) is 9.47 Å². The molecule has 8 nitrogen and oxygen atoms in total. The van der Waals surface area contributed by atoms with Crippen molar-refractivity contribution in [1.29, 1.82) is 0 Å². The standard InChI is InChI=1S/C11H9N5O3/c17-10-5-13-16-11(14-10)15-12-4-7-1-2-8-9(3-7)19-6-18-8/h1-5H,6H2,(H2,14,15,16,17)/b12-4+. The minimum atomic E-state index is -0.351. The first-order valence-corrected chi connectivity index (χ1v) is 5.42. The van der Waals surface area contributed by atoms with Crippen molar-refractivity contribution in [2.45, 2.75) is 0 Å². The maximum atomic E-state index is 11.0. The Kier molecular flexibility index (Phi) is 2.81. The van der Waals surface area contributed by atoms with Crippen molar-refractivity contribution in [3.05, 3.63) is 40.3 Å². The zero-order valence-electron chi connectivity index (χ0n) is 9.66. The van der Waals surface area contributed by atoms with Crippen molar-refractivity contribution < 1.29 is 9.47 Å². The molecule has 1 aromatic heterocycles. The highest BCUT2D eigenvalue weighted by atomic mass is 16.7. The summed E-state index contributed by atoms with van der Waals surface area (Å²) in [6.45, 7) is 0.231. The number of anilines is 1. The van der Waals surface area contributed by atoms with Gasteiger partial charge in [0.25, 0.3) is 5.56 Å². The summed E-state index contributed by atoms with van der Waals surface area (Å²) in [6, 6.07) is 5.43. The molecule has 0 saturated carbocycles. The van der Waals surface area contributed by atoms with Gasteiger partial charge in [-0.1, -0.05) is 0 Å². The second-order valence-corrected chi connectivity index (χ2v) is 3.67. The highest BCUT2D eigenvalue weighted by Crippen LogP contribution is 2.31. The van der Waals surface area contributed by atoms with Gasteiger partial charge < -0.3 is 9.47 Å². The molecule has 0 amide bonds. The molecule has 0 aliphatic carbocycles. The van der Waals surface area contributed by atoms with Gasteiger partial charge >= 0.3 is 0 Å². The van der Waals surface area contributed by atoms with Crippen molar-refractivity contribution in [2.24, 2.45) is 5.10 Å². The largest absolute Gasteiger partial charge is 0.454 e. The number of aromatic amines is 1. The second-order valence-electron chi connectivity index (χ2n) is 3.67. The first-order valence-electron chi connectivity index (χ1n) is 5.42. The van der Waals surface area contributed by atoms with Gasteiger partial charge in [0.05, 0.1) is 6.21 Å². The molecule has 3 rings (SSSR count).